The first-order valence-electron chi connectivity index (χ1n) is 8.02. The number of ether oxygens (including phenoxy) is 1. The highest BCUT2D eigenvalue weighted by Gasteiger charge is 2.24. The van der Waals surface area contributed by atoms with E-state index in [-0.39, 0.29) is 24.2 Å². The number of halogens is 1. The summed E-state index contributed by atoms with van der Waals surface area (Å²) < 4.78 is 5.05. The van der Waals surface area contributed by atoms with Crippen molar-refractivity contribution in [3.63, 3.8) is 0 Å². The van der Waals surface area contributed by atoms with Crippen LogP contribution in [0.15, 0.2) is 24.3 Å². The van der Waals surface area contributed by atoms with Gasteiger partial charge in [-0.15, -0.1) is 12.4 Å². The summed E-state index contributed by atoms with van der Waals surface area (Å²) in [7, 11) is 1.69. The maximum atomic E-state index is 12.3. The first-order chi connectivity index (χ1) is 10.7. The number of methoxy groups -OCH3 is 1. The number of hydrogen-bond donors (Lipinski definition) is 3. The van der Waals surface area contributed by atoms with Crippen LogP contribution < -0.4 is 16.0 Å². The molecule has 0 bridgehead atoms. The van der Waals surface area contributed by atoms with Gasteiger partial charge in [-0.05, 0) is 37.9 Å². The van der Waals surface area contributed by atoms with Gasteiger partial charge in [0, 0.05) is 37.8 Å². The zero-order valence-corrected chi connectivity index (χ0v) is 14.7. The molecule has 23 heavy (non-hydrogen) atoms. The van der Waals surface area contributed by atoms with E-state index in [2.05, 4.69) is 22.9 Å². The van der Waals surface area contributed by atoms with Crippen LogP contribution in [0.25, 0.3) is 0 Å². The third kappa shape index (κ3) is 6.37. The summed E-state index contributed by atoms with van der Waals surface area (Å²) in [6.07, 6.45) is 1.84. The van der Waals surface area contributed by atoms with E-state index in [1.165, 1.54) is 0 Å². The van der Waals surface area contributed by atoms with Gasteiger partial charge in [0.25, 0.3) is 0 Å². The van der Waals surface area contributed by atoms with Gasteiger partial charge in [0.15, 0.2) is 0 Å². The largest absolute Gasteiger partial charge is 0.383 e. The number of anilines is 1. The normalized spacial score (nSPS) is 20.4. The van der Waals surface area contributed by atoms with Crippen LogP contribution in [-0.2, 0) is 16.1 Å². The molecule has 1 amide bonds. The van der Waals surface area contributed by atoms with Crippen LogP contribution in [0.2, 0.25) is 0 Å². The second kappa shape index (κ2) is 10.5. The number of benzene rings is 1. The Morgan fingerprint density at radius 1 is 1.39 bits per heavy atom. The van der Waals surface area contributed by atoms with Gasteiger partial charge in [-0.3, -0.25) is 4.79 Å². The SMILES string of the molecule is COCCNc1ccccc1CNC(=O)[C@H]1CCN[C@@H](C)C1.Cl. The number of piperidine rings is 1. The van der Waals surface area contributed by atoms with Crippen LogP contribution in [0.3, 0.4) is 0 Å². The lowest BCUT2D eigenvalue weighted by atomic mass is 9.92. The Labute approximate surface area is 145 Å². The van der Waals surface area contributed by atoms with Crippen LogP contribution in [0.4, 0.5) is 5.69 Å². The summed E-state index contributed by atoms with van der Waals surface area (Å²) in [6, 6.07) is 8.49. The van der Waals surface area contributed by atoms with E-state index in [0.717, 1.165) is 37.2 Å². The molecule has 0 aliphatic carbocycles. The average molecular weight is 342 g/mol. The molecule has 1 aromatic rings. The van der Waals surface area contributed by atoms with Gasteiger partial charge < -0.3 is 20.7 Å². The summed E-state index contributed by atoms with van der Waals surface area (Å²) in [4.78, 5) is 12.3. The van der Waals surface area contributed by atoms with E-state index in [0.29, 0.717) is 19.2 Å². The average Bonchev–Trinajstić information content (AvgIpc) is 2.54. The molecular weight excluding hydrogens is 314 g/mol. The summed E-state index contributed by atoms with van der Waals surface area (Å²) in [6.45, 7) is 5.04. The number of nitrogens with one attached hydrogen (secondary N) is 3. The second-order valence-corrected chi connectivity index (χ2v) is 5.87. The molecule has 1 aliphatic heterocycles. The highest BCUT2D eigenvalue weighted by Crippen LogP contribution is 2.18. The molecule has 1 aromatic carbocycles. The zero-order chi connectivity index (χ0) is 15.8. The Morgan fingerprint density at radius 2 is 2.17 bits per heavy atom. The molecule has 5 nitrogen and oxygen atoms in total. The van der Waals surface area contributed by atoms with Gasteiger partial charge in [-0.1, -0.05) is 18.2 Å². The van der Waals surface area contributed by atoms with E-state index in [1.807, 2.05) is 24.3 Å². The van der Waals surface area contributed by atoms with Crippen molar-refractivity contribution in [2.24, 2.45) is 5.92 Å². The Kier molecular flexibility index (Phi) is 8.99. The van der Waals surface area contributed by atoms with Crippen LogP contribution in [0, 0.1) is 5.92 Å². The highest BCUT2D eigenvalue weighted by atomic mass is 35.5. The van der Waals surface area contributed by atoms with Crippen molar-refractivity contribution < 1.29 is 9.53 Å². The van der Waals surface area contributed by atoms with Gasteiger partial charge in [-0.25, -0.2) is 0 Å². The number of hydrogen-bond acceptors (Lipinski definition) is 4. The fourth-order valence-corrected chi connectivity index (χ4v) is 2.83. The molecule has 2 atom stereocenters. The smallest absolute Gasteiger partial charge is 0.223 e. The lowest BCUT2D eigenvalue weighted by molar-refractivity contribution is -0.126. The standard InChI is InChI=1S/C17H27N3O2.ClH/c1-13-11-14(7-8-18-13)17(21)20-12-15-5-3-4-6-16(15)19-9-10-22-2;/h3-6,13-14,18-19H,7-12H2,1-2H3,(H,20,21);1H/t13-,14-;/m0./s1. The molecule has 1 saturated heterocycles. The van der Waals surface area contributed by atoms with Gasteiger partial charge in [-0.2, -0.15) is 0 Å². The van der Waals surface area contributed by atoms with Gasteiger partial charge in [0.05, 0.1) is 6.61 Å². The Bertz CT molecular complexity index is 485. The number of para-hydroxylation sites is 1. The molecular formula is C17H28ClN3O2. The van der Waals surface area contributed by atoms with E-state index in [4.69, 9.17) is 4.74 Å². The van der Waals surface area contributed by atoms with E-state index in [1.54, 1.807) is 7.11 Å². The minimum Gasteiger partial charge on any atom is -0.383 e. The van der Waals surface area contributed by atoms with Gasteiger partial charge in [0.1, 0.15) is 0 Å². The fraction of sp³-hybridized carbons (Fsp3) is 0.588. The maximum Gasteiger partial charge on any atom is 0.223 e. The summed E-state index contributed by atoms with van der Waals surface area (Å²) in [5.41, 5.74) is 2.16. The molecule has 0 unspecified atom stereocenters. The molecule has 2 rings (SSSR count). The molecule has 3 N–H and O–H groups in total. The Morgan fingerprint density at radius 3 is 2.91 bits per heavy atom. The molecule has 1 aliphatic rings. The molecule has 0 aromatic heterocycles. The van der Waals surface area contributed by atoms with Crippen LogP contribution >= 0.6 is 12.4 Å². The predicted octanol–water partition coefficient (Wildman–Crippen LogP) is 2.17. The quantitative estimate of drug-likeness (QED) is 0.665. The fourth-order valence-electron chi connectivity index (χ4n) is 2.83. The minimum absolute atomic E-state index is 0. The van der Waals surface area contributed by atoms with E-state index < -0.39 is 0 Å². The molecule has 130 valence electrons. The summed E-state index contributed by atoms with van der Waals surface area (Å²) >= 11 is 0. The van der Waals surface area contributed by atoms with Crippen molar-refractivity contribution in [3.8, 4) is 0 Å². The number of carbonyl (C=O) groups excluding carboxylic acids is 1. The third-order valence-electron chi connectivity index (χ3n) is 4.09. The molecule has 0 saturated carbocycles. The summed E-state index contributed by atoms with van der Waals surface area (Å²) in [5.74, 6) is 0.296. The first kappa shape index (κ1) is 19.7. The number of rotatable bonds is 7. The molecule has 1 heterocycles. The zero-order valence-electron chi connectivity index (χ0n) is 13.9. The van der Waals surface area contributed by atoms with E-state index >= 15 is 0 Å². The maximum absolute atomic E-state index is 12.3. The summed E-state index contributed by atoms with van der Waals surface area (Å²) in [5, 5.41) is 9.80. The third-order valence-corrected chi connectivity index (χ3v) is 4.09. The van der Waals surface area contributed by atoms with Crippen LogP contribution in [-0.4, -0.2) is 38.8 Å². The van der Waals surface area contributed by atoms with Crippen molar-refractivity contribution in [2.75, 3.05) is 32.1 Å². The Balaban J connectivity index is 0.00000264. The van der Waals surface area contributed by atoms with Crippen molar-refractivity contribution in [3.05, 3.63) is 29.8 Å². The van der Waals surface area contributed by atoms with Crippen molar-refractivity contribution in [1.29, 1.82) is 0 Å². The molecule has 0 spiro atoms. The van der Waals surface area contributed by atoms with Crippen molar-refractivity contribution in [2.45, 2.75) is 32.4 Å². The minimum atomic E-state index is 0. The van der Waals surface area contributed by atoms with Crippen molar-refractivity contribution >= 4 is 24.0 Å². The number of amides is 1. The van der Waals surface area contributed by atoms with Crippen LogP contribution in [0.1, 0.15) is 25.3 Å². The molecule has 1 fully saturated rings. The highest BCUT2D eigenvalue weighted by molar-refractivity contribution is 5.85. The lowest BCUT2D eigenvalue weighted by Crippen LogP contribution is -2.42. The van der Waals surface area contributed by atoms with Gasteiger partial charge >= 0.3 is 0 Å². The molecule has 0 radical (unpaired) electrons. The van der Waals surface area contributed by atoms with Crippen molar-refractivity contribution in [1.82, 2.24) is 10.6 Å². The van der Waals surface area contributed by atoms with Gasteiger partial charge in [0.2, 0.25) is 5.91 Å². The lowest BCUT2D eigenvalue weighted by Gasteiger charge is -2.27. The van der Waals surface area contributed by atoms with E-state index in [9.17, 15) is 4.79 Å². The predicted molar refractivity (Wildman–Crippen MR) is 96.1 cm³/mol. The Hall–Kier alpha value is -1.30. The second-order valence-electron chi connectivity index (χ2n) is 5.87. The molecule has 6 heteroatoms. The number of carbonyl (C=O) groups is 1. The first-order valence-corrected chi connectivity index (χ1v) is 8.02. The monoisotopic (exact) mass is 341 g/mol. The van der Waals surface area contributed by atoms with Crippen LogP contribution in [0.5, 0.6) is 0 Å². The topological polar surface area (TPSA) is 62.4 Å².